The minimum Gasteiger partial charge on any atom is -0.309 e. The maximum Gasteiger partial charge on any atom is 0.0756 e. The quantitative estimate of drug-likeness (QED) is 0.787. The molecule has 2 atom stereocenters. The summed E-state index contributed by atoms with van der Waals surface area (Å²) in [5, 5.41) is 12.0. The highest BCUT2D eigenvalue weighted by Gasteiger charge is 2.26. The molecule has 1 rings (SSSR count). The molecule has 1 aromatic rings. The molecule has 0 amide bonds. The molecule has 0 aliphatic heterocycles. The molecule has 0 bridgehead atoms. The number of hydrogen-bond donors (Lipinski definition) is 1. The number of nitrogens with one attached hydrogen (secondary N) is 1. The zero-order valence-corrected chi connectivity index (χ0v) is 14.1. The SMILES string of the molecule is CCCNC(CC(C)C(C)(C)C)c1cnnn1CCC. The molecule has 0 saturated heterocycles. The molecule has 1 aromatic heterocycles. The van der Waals surface area contributed by atoms with Crippen LogP contribution in [0.3, 0.4) is 0 Å². The van der Waals surface area contributed by atoms with Gasteiger partial charge in [0.2, 0.25) is 0 Å². The fourth-order valence-electron chi connectivity index (χ4n) is 2.26. The monoisotopic (exact) mass is 280 g/mol. The normalized spacial score (nSPS) is 15.3. The average molecular weight is 280 g/mol. The Labute approximate surface area is 124 Å². The first-order valence-corrected chi connectivity index (χ1v) is 8.01. The predicted molar refractivity (Wildman–Crippen MR) is 84.6 cm³/mol. The van der Waals surface area contributed by atoms with Crippen molar-refractivity contribution < 1.29 is 0 Å². The Bertz CT molecular complexity index is 378. The van der Waals surface area contributed by atoms with Crippen molar-refractivity contribution in [3.05, 3.63) is 11.9 Å². The summed E-state index contributed by atoms with van der Waals surface area (Å²) in [6, 6.07) is 0.353. The van der Waals surface area contributed by atoms with Gasteiger partial charge in [-0.05, 0) is 37.1 Å². The zero-order valence-electron chi connectivity index (χ0n) is 14.1. The van der Waals surface area contributed by atoms with Gasteiger partial charge in [-0.1, -0.05) is 46.8 Å². The summed E-state index contributed by atoms with van der Waals surface area (Å²) >= 11 is 0. The van der Waals surface area contributed by atoms with Gasteiger partial charge < -0.3 is 5.32 Å². The molecule has 116 valence electrons. The van der Waals surface area contributed by atoms with Crippen LogP contribution in [-0.2, 0) is 6.54 Å². The number of aryl methyl sites for hydroxylation is 1. The minimum absolute atomic E-state index is 0.329. The molecule has 0 aliphatic carbocycles. The Hall–Kier alpha value is -0.900. The van der Waals surface area contributed by atoms with Crippen LogP contribution in [0.4, 0.5) is 0 Å². The zero-order chi connectivity index (χ0) is 15.2. The molecule has 0 fully saturated rings. The predicted octanol–water partition coefficient (Wildman–Crippen LogP) is 3.80. The summed E-state index contributed by atoms with van der Waals surface area (Å²) in [5.74, 6) is 0.641. The molecule has 1 N–H and O–H groups in total. The molecule has 4 heteroatoms. The van der Waals surface area contributed by atoms with Crippen LogP contribution in [0.15, 0.2) is 6.20 Å². The maximum atomic E-state index is 4.23. The second-order valence-electron chi connectivity index (χ2n) is 6.89. The first-order valence-electron chi connectivity index (χ1n) is 8.01. The molecule has 0 spiro atoms. The number of rotatable bonds is 8. The van der Waals surface area contributed by atoms with Crippen LogP contribution in [0, 0.1) is 11.3 Å². The Kier molecular flexibility index (Phi) is 6.66. The van der Waals surface area contributed by atoms with Gasteiger partial charge in [-0.25, -0.2) is 4.68 Å². The lowest BCUT2D eigenvalue weighted by Crippen LogP contribution is -2.29. The molecule has 0 saturated carbocycles. The summed E-state index contributed by atoms with van der Waals surface area (Å²) < 4.78 is 2.06. The van der Waals surface area contributed by atoms with Gasteiger partial charge in [0.15, 0.2) is 0 Å². The Morgan fingerprint density at radius 2 is 1.95 bits per heavy atom. The van der Waals surface area contributed by atoms with E-state index < -0.39 is 0 Å². The molecule has 20 heavy (non-hydrogen) atoms. The van der Waals surface area contributed by atoms with Crippen molar-refractivity contribution in [1.29, 1.82) is 0 Å². The van der Waals surface area contributed by atoms with Crippen LogP contribution >= 0.6 is 0 Å². The largest absolute Gasteiger partial charge is 0.309 e. The Morgan fingerprint density at radius 1 is 1.25 bits per heavy atom. The third-order valence-corrected chi connectivity index (χ3v) is 4.15. The van der Waals surface area contributed by atoms with Crippen LogP contribution in [0.2, 0.25) is 0 Å². The van der Waals surface area contributed by atoms with Crippen LogP contribution in [0.1, 0.15) is 72.5 Å². The lowest BCUT2D eigenvalue weighted by molar-refractivity contribution is 0.219. The van der Waals surface area contributed by atoms with Gasteiger partial charge >= 0.3 is 0 Å². The lowest BCUT2D eigenvalue weighted by atomic mass is 9.78. The van der Waals surface area contributed by atoms with E-state index in [1.54, 1.807) is 0 Å². The summed E-state index contributed by atoms with van der Waals surface area (Å²) in [5.41, 5.74) is 1.56. The highest BCUT2D eigenvalue weighted by Crippen LogP contribution is 2.33. The standard InChI is InChI=1S/C16H32N4/c1-7-9-17-14(11-13(3)16(4,5)6)15-12-18-19-20(15)10-8-2/h12-14,17H,7-11H2,1-6H3. The van der Waals surface area contributed by atoms with Gasteiger partial charge in [-0.3, -0.25) is 0 Å². The first kappa shape index (κ1) is 17.2. The van der Waals surface area contributed by atoms with E-state index in [0.717, 1.165) is 32.4 Å². The molecule has 0 aromatic carbocycles. The molecular formula is C16H32N4. The number of nitrogens with zero attached hydrogens (tertiary/aromatic N) is 3. The van der Waals surface area contributed by atoms with Crippen LogP contribution in [-0.4, -0.2) is 21.5 Å². The van der Waals surface area contributed by atoms with Gasteiger partial charge in [-0.15, -0.1) is 5.10 Å². The van der Waals surface area contributed by atoms with Crippen molar-refractivity contribution in [2.45, 2.75) is 73.4 Å². The average Bonchev–Trinajstić information content (AvgIpc) is 2.81. The van der Waals surface area contributed by atoms with Gasteiger partial charge in [-0.2, -0.15) is 0 Å². The molecular weight excluding hydrogens is 248 g/mol. The van der Waals surface area contributed by atoms with Crippen molar-refractivity contribution >= 4 is 0 Å². The number of aromatic nitrogens is 3. The van der Waals surface area contributed by atoms with Crippen molar-refractivity contribution in [3.8, 4) is 0 Å². The van der Waals surface area contributed by atoms with Crippen LogP contribution in [0.5, 0.6) is 0 Å². The van der Waals surface area contributed by atoms with Gasteiger partial charge in [0, 0.05) is 6.54 Å². The molecule has 0 aliphatic rings. The van der Waals surface area contributed by atoms with E-state index >= 15 is 0 Å². The Morgan fingerprint density at radius 3 is 2.50 bits per heavy atom. The van der Waals surface area contributed by atoms with E-state index in [4.69, 9.17) is 0 Å². The molecule has 4 nitrogen and oxygen atoms in total. The van der Waals surface area contributed by atoms with Gasteiger partial charge in [0.1, 0.15) is 0 Å². The molecule has 2 unspecified atom stereocenters. The highest BCUT2D eigenvalue weighted by molar-refractivity contribution is 5.03. The van der Waals surface area contributed by atoms with E-state index in [9.17, 15) is 0 Å². The van der Waals surface area contributed by atoms with Crippen LogP contribution in [0.25, 0.3) is 0 Å². The van der Waals surface area contributed by atoms with Crippen molar-refractivity contribution in [2.75, 3.05) is 6.54 Å². The second kappa shape index (κ2) is 7.77. The van der Waals surface area contributed by atoms with Gasteiger partial charge in [0.25, 0.3) is 0 Å². The van der Waals surface area contributed by atoms with Crippen LogP contribution < -0.4 is 5.32 Å². The van der Waals surface area contributed by atoms with Gasteiger partial charge in [0.05, 0.1) is 17.9 Å². The number of hydrogen-bond acceptors (Lipinski definition) is 3. The van der Waals surface area contributed by atoms with Crippen molar-refractivity contribution in [3.63, 3.8) is 0 Å². The summed E-state index contributed by atoms with van der Waals surface area (Å²) in [7, 11) is 0. The third kappa shape index (κ3) is 4.89. The van der Waals surface area contributed by atoms with Crippen molar-refractivity contribution in [2.24, 2.45) is 11.3 Å². The topological polar surface area (TPSA) is 42.7 Å². The van der Waals surface area contributed by atoms with E-state index in [0.29, 0.717) is 17.4 Å². The Balaban J connectivity index is 2.85. The van der Waals surface area contributed by atoms with E-state index in [1.807, 2.05) is 6.20 Å². The summed E-state index contributed by atoms with van der Waals surface area (Å²) in [4.78, 5) is 0. The van der Waals surface area contributed by atoms with E-state index in [1.165, 1.54) is 5.69 Å². The first-order chi connectivity index (χ1) is 9.40. The molecule has 0 radical (unpaired) electrons. The lowest BCUT2D eigenvalue weighted by Gasteiger charge is -2.31. The minimum atomic E-state index is 0.329. The smallest absolute Gasteiger partial charge is 0.0756 e. The third-order valence-electron chi connectivity index (χ3n) is 4.15. The summed E-state index contributed by atoms with van der Waals surface area (Å²) in [6.45, 7) is 15.7. The van der Waals surface area contributed by atoms with E-state index in [2.05, 4.69) is 61.9 Å². The second-order valence-corrected chi connectivity index (χ2v) is 6.89. The van der Waals surface area contributed by atoms with Crippen molar-refractivity contribution in [1.82, 2.24) is 20.3 Å². The van der Waals surface area contributed by atoms with E-state index in [-0.39, 0.29) is 0 Å². The summed E-state index contributed by atoms with van der Waals surface area (Å²) in [6.07, 6.45) is 5.29. The fraction of sp³-hybridized carbons (Fsp3) is 0.875. The fourth-order valence-corrected chi connectivity index (χ4v) is 2.26. The highest BCUT2D eigenvalue weighted by atomic mass is 15.4. The maximum absolute atomic E-state index is 4.23. The molecule has 1 heterocycles.